The fourth-order valence-electron chi connectivity index (χ4n) is 3.59. The highest BCUT2D eigenvalue weighted by atomic mass is 32.2. The fraction of sp³-hybridized carbons (Fsp3) is 0.348. The summed E-state index contributed by atoms with van der Waals surface area (Å²) in [5.74, 6) is 0.867. The van der Waals surface area contributed by atoms with E-state index in [4.69, 9.17) is 9.47 Å². The topological polar surface area (TPSA) is 159 Å². The molecule has 0 unspecified atom stereocenters. The molecule has 13 nitrogen and oxygen atoms in total. The lowest BCUT2D eigenvalue weighted by Crippen LogP contribution is -2.32. The second kappa shape index (κ2) is 10.5. The number of ether oxygens (including phenoxy) is 2. The first-order chi connectivity index (χ1) is 17.7. The first kappa shape index (κ1) is 26.0. The molecule has 0 saturated heterocycles. The Kier molecular flexibility index (Phi) is 7.40. The van der Waals surface area contributed by atoms with Crippen LogP contribution in [-0.2, 0) is 16.6 Å². The van der Waals surface area contributed by atoms with E-state index in [0.29, 0.717) is 29.4 Å². The molecule has 3 heterocycles. The third kappa shape index (κ3) is 5.11. The van der Waals surface area contributed by atoms with Crippen molar-refractivity contribution in [3.8, 4) is 28.7 Å². The molecule has 0 aliphatic heterocycles. The van der Waals surface area contributed by atoms with E-state index in [0.717, 1.165) is 5.56 Å². The minimum atomic E-state index is -4.22. The van der Waals surface area contributed by atoms with E-state index >= 15 is 0 Å². The Bertz CT molecular complexity index is 1460. The molecule has 196 valence electrons. The monoisotopic (exact) mass is 528 g/mol. The molecule has 0 bridgehead atoms. The third-order valence-electron chi connectivity index (χ3n) is 5.72. The Balaban J connectivity index is 1.82. The molecule has 4 aromatic rings. The zero-order valence-corrected chi connectivity index (χ0v) is 21.8. The van der Waals surface area contributed by atoms with E-state index in [1.54, 1.807) is 42.1 Å². The van der Waals surface area contributed by atoms with Crippen molar-refractivity contribution in [2.75, 3.05) is 18.9 Å². The van der Waals surface area contributed by atoms with E-state index in [1.807, 2.05) is 6.92 Å². The summed E-state index contributed by atoms with van der Waals surface area (Å²) in [6, 6.07) is 6.88. The molecule has 0 radical (unpaired) electrons. The average Bonchev–Trinajstić information content (AvgIpc) is 3.54. The van der Waals surface area contributed by atoms with Crippen molar-refractivity contribution in [2.45, 2.75) is 38.7 Å². The number of anilines is 1. The van der Waals surface area contributed by atoms with Gasteiger partial charge in [0.05, 0.1) is 14.2 Å². The zero-order chi connectivity index (χ0) is 26.7. The van der Waals surface area contributed by atoms with Crippen LogP contribution in [0.25, 0.3) is 17.2 Å². The van der Waals surface area contributed by atoms with Gasteiger partial charge in [-0.3, -0.25) is 14.0 Å². The number of para-hydroxylation sites is 1. The number of methoxy groups -OCH3 is 2. The first-order valence-corrected chi connectivity index (χ1v) is 12.9. The van der Waals surface area contributed by atoms with Crippen molar-refractivity contribution >= 4 is 16.0 Å². The van der Waals surface area contributed by atoms with Gasteiger partial charge in [0.15, 0.2) is 11.6 Å². The maximum absolute atomic E-state index is 13.4. The van der Waals surface area contributed by atoms with Crippen LogP contribution < -0.4 is 14.2 Å². The quantitative estimate of drug-likeness (QED) is 0.312. The Morgan fingerprint density at radius 1 is 1.08 bits per heavy atom. The second-order valence-electron chi connectivity index (χ2n) is 8.17. The number of sulfonamides is 1. The number of aliphatic hydroxyl groups is 1. The molecule has 1 aromatic carbocycles. The second-order valence-corrected chi connectivity index (χ2v) is 10.2. The van der Waals surface area contributed by atoms with Crippen LogP contribution in [0.3, 0.4) is 0 Å². The van der Waals surface area contributed by atoms with Gasteiger partial charge < -0.3 is 14.6 Å². The summed E-state index contributed by atoms with van der Waals surface area (Å²) in [4.78, 5) is 8.11. The highest BCUT2D eigenvalue weighted by Crippen LogP contribution is 2.37. The van der Waals surface area contributed by atoms with Crippen molar-refractivity contribution < 1.29 is 23.0 Å². The van der Waals surface area contributed by atoms with Crippen molar-refractivity contribution in [1.82, 2.24) is 34.5 Å². The number of nitrogens with one attached hydrogen (secondary N) is 1. The van der Waals surface area contributed by atoms with Crippen LogP contribution in [-0.4, -0.2) is 67.5 Å². The van der Waals surface area contributed by atoms with Crippen LogP contribution in [0.15, 0.2) is 42.9 Å². The number of benzene rings is 1. The molecular weight excluding hydrogens is 500 g/mol. The lowest BCUT2D eigenvalue weighted by molar-refractivity contribution is 0.166. The molecule has 37 heavy (non-hydrogen) atoms. The minimum absolute atomic E-state index is 0.0119. The summed E-state index contributed by atoms with van der Waals surface area (Å²) in [5.41, 5.74) is 1.60. The van der Waals surface area contributed by atoms with Gasteiger partial charge in [0.25, 0.3) is 0 Å². The molecule has 0 amide bonds. The lowest BCUT2D eigenvalue weighted by atomic mass is 10.2. The Labute approximate surface area is 214 Å². The number of aliphatic hydroxyl groups excluding tert-OH is 1. The number of aromatic nitrogens is 7. The van der Waals surface area contributed by atoms with Crippen molar-refractivity contribution in [3.05, 3.63) is 54.2 Å². The van der Waals surface area contributed by atoms with Gasteiger partial charge in [0, 0.05) is 25.1 Å². The highest BCUT2D eigenvalue weighted by Gasteiger charge is 2.34. The van der Waals surface area contributed by atoms with Gasteiger partial charge in [-0.1, -0.05) is 6.07 Å². The summed E-state index contributed by atoms with van der Waals surface area (Å²) in [6.45, 7) is 5.71. The predicted molar refractivity (Wildman–Crippen MR) is 135 cm³/mol. The summed E-state index contributed by atoms with van der Waals surface area (Å²) in [7, 11) is -1.25. The van der Waals surface area contributed by atoms with E-state index in [-0.39, 0.29) is 17.6 Å². The summed E-state index contributed by atoms with van der Waals surface area (Å²) < 4.78 is 43.5. The third-order valence-corrected chi connectivity index (χ3v) is 7.42. The molecule has 3 aromatic heterocycles. The van der Waals surface area contributed by atoms with Crippen molar-refractivity contribution in [1.29, 1.82) is 0 Å². The minimum Gasteiger partial charge on any atom is -0.494 e. The molecular formula is C23H28N8O5S. The van der Waals surface area contributed by atoms with Gasteiger partial charge in [-0.25, -0.2) is 18.4 Å². The fourth-order valence-corrected chi connectivity index (χ4v) is 4.63. The molecule has 0 aliphatic rings. The van der Waals surface area contributed by atoms with Gasteiger partial charge >= 0.3 is 0 Å². The Morgan fingerprint density at radius 2 is 1.73 bits per heavy atom. The Hall–Kier alpha value is -4.04. The van der Waals surface area contributed by atoms with Crippen LogP contribution in [0.4, 0.5) is 5.95 Å². The average molecular weight is 529 g/mol. The molecule has 4 rings (SSSR count). The van der Waals surface area contributed by atoms with Gasteiger partial charge in [-0.15, -0.1) is 10.2 Å². The number of nitrogens with zero attached hydrogens (tertiary/aromatic N) is 7. The lowest BCUT2D eigenvalue weighted by Gasteiger charge is -2.20. The van der Waals surface area contributed by atoms with Crippen LogP contribution >= 0.6 is 0 Å². The summed E-state index contributed by atoms with van der Waals surface area (Å²) in [6.07, 6.45) is 3.29. The van der Waals surface area contributed by atoms with Gasteiger partial charge in [0.1, 0.15) is 34.2 Å². The summed E-state index contributed by atoms with van der Waals surface area (Å²) >= 11 is 0. The molecule has 0 spiro atoms. The molecule has 0 fully saturated rings. The van der Waals surface area contributed by atoms with Crippen LogP contribution in [0.1, 0.15) is 31.3 Å². The van der Waals surface area contributed by atoms with Gasteiger partial charge in [-0.05, 0) is 44.5 Å². The van der Waals surface area contributed by atoms with Crippen molar-refractivity contribution in [2.24, 2.45) is 0 Å². The van der Waals surface area contributed by atoms with Crippen LogP contribution in [0.5, 0.6) is 11.5 Å². The Morgan fingerprint density at radius 3 is 2.30 bits per heavy atom. The van der Waals surface area contributed by atoms with Gasteiger partial charge in [-0.2, -0.15) is 5.10 Å². The van der Waals surface area contributed by atoms with E-state index < -0.39 is 21.4 Å². The standard InChI is InChI=1S/C23H28N8O5S/c1-6-30-11-10-16(28-30)22-26-27-23(31(22)19-17(35-4)8-7-9-18(19)36-5)29-37(33,34)15(3)20(32)21-24-12-14(2)13-25-21/h7-13,15,20,32H,6H2,1-5H3,(H,27,29)/t15-,20-/m0/s1. The van der Waals surface area contributed by atoms with E-state index in [1.165, 1.54) is 38.1 Å². The number of hydrogen-bond donors (Lipinski definition) is 2. The number of aryl methyl sites for hydroxylation is 2. The van der Waals surface area contributed by atoms with E-state index in [2.05, 4.69) is 30.0 Å². The first-order valence-electron chi connectivity index (χ1n) is 11.4. The van der Waals surface area contributed by atoms with Crippen LogP contribution in [0.2, 0.25) is 0 Å². The van der Waals surface area contributed by atoms with Crippen molar-refractivity contribution in [3.63, 3.8) is 0 Å². The molecule has 0 aliphatic carbocycles. The molecule has 14 heteroatoms. The van der Waals surface area contributed by atoms with Gasteiger partial charge in [0.2, 0.25) is 16.0 Å². The largest absolute Gasteiger partial charge is 0.494 e. The predicted octanol–water partition coefficient (Wildman–Crippen LogP) is 2.13. The van der Waals surface area contributed by atoms with E-state index in [9.17, 15) is 13.5 Å². The maximum atomic E-state index is 13.4. The normalized spacial score (nSPS) is 13.2. The SMILES string of the molecule is CCn1ccc(-c2nnc(NS(=O)(=O)[C@@H](C)[C@H](O)c3ncc(C)cn3)n2-c2c(OC)cccc2OC)n1. The van der Waals surface area contributed by atoms with Crippen LogP contribution in [0, 0.1) is 6.92 Å². The maximum Gasteiger partial charge on any atom is 0.243 e. The molecule has 2 atom stereocenters. The molecule has 0 saturated carbocycles. The highest BCUT2D eigenvalue weighted by molar-refractivity contribution is 7.93. The zero-order valence-electron chi connectivity index (χ0n) is 21.0. The number of hydrogen-bond acceptors (Lipinski definition) is 10. The smallest absolute Gasteiger partial charge is 0.243 e. The summed E-state index contributed by atoms with van der Waals surface area (Å²) in [5, 5.41) is 22.2. The number of rotatable bonds is 10. The molecule has 2 N–H and O–H groups in total.